The Morgan fingerprint density at radius 3 is 2.81 bits per heavy atom. The summed E-state index contributed by atoms with van der Waals surface area (Å²) >= 11 is 1.88. The number of anilines is 1. The lowest BCUT2D eigenvalue weighted by atomic mass is 10.1. The van der Waals surface area contributed by atoms with Crippen LogP contribution in [0.5, 0.6) is 0 Å². The predicted octanol–water partition coefficient (Wildman–Crippen LogP) is 3.14. The van der Waals surface area contributed by atoms with E-state index in [1.54, 1.807) is 0 Å². The fraction of sp³-hybridized carbons (Fsp3) is 0.812. The van der Waals surface area contributed by atoms with E-state index in [0.717, 1.165) is 45.2 Å². The first kappa shape index (κ1) is 15.3. The van der Waals surface area contributed by atoms with Crippen LogP contribution in [-0.2, 0) is 11.3 Å². The van der Waals surface area contributed by atoms with Crippen molar-refractivity contribution in [1.29, 1.82) is 0 Å². The van der Waals surface area contributed by atoms with Gasteiger partial charge in [0.05, 0.1) is 12.3 Å². The molecule has 0 radical (unpaired) electrons. The van der Waals surface area contributed by atoms with E-state index < -0.39 is 0 Å². The monoisotopic (exact) mass is 309 g/mol. The van der Waals surface area contributed by atoms with Crippen LogP contribution in [-0.4, -0.2) is 36.8 Å². The largest absolute Gasteiger partial charge is 0.380 e. The van der Waals surface area contributed by atoms with Crippen molar-refractivity contribution in [2.75, 3.05) is 31.2 Å². The third kappa shape index (κ3) is 4.18. The molecule has 1 aromatic heterocycles. The summed E-state index contributed by atoms with van der Waals surface area (Å²) in [4.78, 5) is 8.83. The van der Waals surface area contributed by atoms with E-state index >= 15 is 0 Å². The number of ether oxygens (including phenoxy) is 1. The number of nitrogens with one attached hydrogen (secondary N) is 1. The van der Waals surface area contributed by atoms with E-state index in [4.69, 9.17) is 9.72 Å². The second-order valence-electron chi connectivity index (χ2n) is 7.14. The normalized spacial score (nSPS) is 20.6. The summed E-state index contributed by atoms with van der Waals surface area (Å²) in [5, 5.41) is 4.82. The van der Waals surface area contributed by atoms with Gasteiger partial charge in [0.15, 0.2) is 5.13 Å². The van der Waals surface area contributed by atoms with Gasteiger partial charge in [0, 0.05) is 42.6 Å². The Morgan fingerprint density at radius 1 is 1.29 bits per heavy atom. The Balaban J connectivity index is 1.75. The highest BCUT2D eigenvalue weighted by Gasteiger charge is 2.31. The van der Waals surface area contributed by atoms with Gasteiger partial charge < -0.3 is 15.0 Å². The number of hydrogen-bond acceptors (Lipinski definition) is 5. The summed E-state index contributed by atoms with van der Waals surface area (Å²) < 4.78 is 5.56. The molecule has 3 rings (SSSR count). The molecular weight excluding hydrogens is 282 g/mol. The molecule has 1 saturated heterocycles. The van der Waals surface area contributed by atoms with Crippen LogP contribution in [0.3, 0.4) is 0 Å². The SMILES string of the molecule is CC(C)(C)NCc1sc(N2CCCOCC2)nc1C1CC1. The van der Waals surface area contributed by atoms with Gasteiger partial charge in [-0.05, 0) is 40.0 Å². The van der Waals surface area contributed by atoms with Gasteiger partial charge in [-0.3, -0.25) is 0 Å². The molecule has 118 valence electrons. The van der Waals surface area contributed by atoms with Crippen LogP contribution in [0.1, 0.15) is 56.5 Å². The molecule has 2 aliphatic rings. The molecule has 1 aliphatic heterocycles. The van der Waals surface area contributed by atoms with Crippen molar-refractivity contribution >= 4 is 16.5 Å². The lowest BCUT2D eigenvalue weighted by Gasteiger charge is -2.20. The lowest BCUT2D eigenvalue weighted by molar-refractivity contribution is 0.152. The highest BCUT2D eigenvalue weighted by atomic mass is 32.1. The Labute approximate surface area is 131 Å². The maximum absolute atomic E-state index is 5.56. The third-order valence-electron chi connectivity index (χ3n) is 3.95. The summed E-state index contributed by atoms with van der Waals surface area (Å²) in [6, 6.07) is 0. The third-order valence-corrected chi connectivity index (χ3v) is 5.08. The fourth-order valence-electron chi connectivity index (χ4n) is 2.57. The maximum Gasteiger partial charge on any atom is 0.185 e. The average Bonchev–Trinajstić information content (AvgIpc) is 3.21. The molecule has 0 bridgehead atoms. The minimum atomic E-state index is 0.154. The zero-order chi connectivity index (χ0) is 14.9. The molecule has 0 aromatic carbocycles. The van der Waals surface area contributed by atoms with Crippen LogP contribution in [0.2, 0.25) is 0 Å². The summed E-state index contributed by atoms with van der Waals surface area (Å²) in [6.07, 6.45) is 3.73. The van der Waals surface area contributed by atoms with E-state index in [9.17, 15) is 0 Å². The minimum Gasteiger partial charge on any atom is -0.380 e. The molecule has 0 atom stereocenters. The van der Waals surface area contributed by atoms with E-state index in [-0.39, 0.29) is 5.54 Å². The van der Waals surface area contributed by atoms with Crippen molar-refractivity contribution < 1.29 is 4.74 Å². The van der Waals surface area contributed by atoms with Crippen molar-refractivity contribution in [1.82, 2.24) is 10.3 Å². The summed E-state index contributed by atoms with van der Waals surface area (Å²) in [7, 11) is 0. The standard InChI is InChI=1S/C16H27N3OS/c1-16(2,3)17-11-13-14(12-5-6-12)18-15(21-13)19-7-4-9-20-10-8-19/h12,17H,4-11H2,1-3H3. The van der Waals surface area contributed by atoms with Crippen molar-refractivity contribution in [3.8, 4) is 0 Å². The van der Waals surface area contributed by atoms with Gasteiger partial charge >= 0.3 is 0 Å². The number of nitrogens with zero attached hydrogens (tertiary/aromatic N) is 2. The molecule has 21 heavy (non-hydrogen) atoms. The Bertz CT molecular complexity index is 468. The van der Waals surface area contributed by atoms with Gasteiger partial charge in [0.2, 0.25) is 0 Å². The summed E-state index contributed by atoms with van der Waals surface area (Å²) in [6.45, 7) is 11.4. The van der Waals surface area contributed by atoms with Crippen molar-refractivity contribution in [3.63, 3.8) is 0 Å². The molecule has 0 spiro atoms. The van der Waals surface area contributed by atoms with Crippen LogP contribution in [0.4, 0.5) is 5.13 Å². The van der Waals surface area contributed by atoms with Gasteiger partial charge in [0.25, 0.3) is 0 Å². The van der Waals surface area contributed by atoms with Gasteiger partial charge in [-0.2, -0.15) is 0 Å². The zero-order valence-corrected chi connectivity index (χ0v) is 14.3. The molecule has 1 aliphatic carbocycles. The van der Waals surface area contributed by atoms with Crippen LogP contribution in [0, 0.1) is 0 Å². The van der Waals surface area contributed by atoms with Gasteiger partial charge in [-0.25, -0.2) is 4.98 Å². The first-order chi connectivity index (χ1) is 10.0. The number of aromatic nitrogens is 1. The molecule has 2 fully saturated rings. The summed E-state index contributed by atoms with van der Waals surface area (Å²) in [5.74, 6) is 0.718. The molecule has 0 amide bonds. The summed E-state index contributed by atoms with van der Waals surface area (Å²) in [5.41, 5.74) is 1.51. The second-order valence-corrected chi connectivity index (χ2v) is 8.20. The highest BCUT2D eigenvalue weighted by molar-refractivity contribution is 7.15. The van der Waals surface area contributed by atoms with E-state index in [0.29, 0.717) is 0 Å². The Hall–Kier alpha value is -0.650. The van der Waals surface area contributed by atoms with Crippen LogP contribution >= 0.6 is 11.3 Å². The number of rotatable bonds is 4. The zero-order valence-electron chi connectivity index (χ0n) is 13.4. The van der Waals surface area contributed by atoms with Gasteiger partial charge in [-0.1, -0.05) is 0 Å². The van der Waals surface area contributed by atoms with Crippen LogP contribution in [0.15, 0.2) is 0 Å². The first-order valence-electron chi connectivity index (χ1n) is 8.10. The fourth-order valence-corrected chi connectivity index (χ4v) is 3.71. The second kappa shape index (κ2) is 6.23. The van der Waals surface area contributed by atoms with Gasteiger partial charge in [0.1, 0.15) is 0 Å². The molecule has 5 heteroatoms. The molecule has 4 nitrogen and oxygen atoms in total. The van der Waals surface area contributed by atoms with Crippen LogP contribution < -0.4 is 10.2 Å². The maximum atomic E-state index is 5.56. The van der Waals surface area contributed by atoms with Gasteiger partial charge in [-0.15, -0.1) is 11.3 Å². The molecular formula is C16H27N3OS. The predicted molar refractivity (Wildman–Crippen MR) is 88.3 cm³/mol. The molecule has 2 heterocycles. The molecule has 1 N–H and O–H groups in total. The van der Waals surface area contributed by atoms with Crippen LogP contribution in [0.25, 0.3) is 0 Å². The first-order valence-corrected chi connectivity index (χ1v) is 8.92. The topological polar surface area (TPSA) is 37.4 Å². The lowest BCUT2D eigenvalue weighted by Crippen LogP contribution is -2.35. The molecule has 1 aromatic rings. The smallest absolute Gasteiger partial charge is 0.185 e. The average molecular weight is 309 g/mol. The highest BCUT2D eigenvalue weighted by Crippen LogP contribution is 2.44. The Kier molecular flexibility index (Phi) is 4.52. The van der Waals surface area contributed by atoms with E-state index in [1.165, 1.54) is 28.5 Å². The molecule has 1 saturated carbocycles. The van der Waals surface area contributed by atoms with Crippen molar-refractivity contribution in [3.05, 3.63) is 10.6 Å². The number of thiazole rings is 1. The Morgan fingerprint density at radius 2 is 2.10 bits per heavy atom. The van der Waals surface area contributed by atoms with Crippen molar-refractivity contribution in [2.45, 2.75) is 58.0 Å². The van der Waals surface area contributed by atoms with Crippen molar-refractivity contribution in [2.24, 2.45) is 0 Å². The number of hydrogen-bond donors (Lipinski definition) is 1. The minimum absolute atomic E-state index is 0.154. The molecule has 0 unspecified atom stereocenters. The van der Waals surface area contributed by atoms with E-state index in [2.05, 4.69) is 31.0 Å². The van der Waals surface area contributed by atoms with E-state index in [1.807, 2.05) is 11.3 Å². The quantitative estimate of drug-likeness (QED) is 0.927.